The first-order chi connectivity index (χ1) is 22.7. The van der Waals surface area contributed by atoms with E-state index in [2.05, 4.69) is 89.3 Å². The van der Waals surface area contributed by atoms with Crippen molar-refractivity contribution in [3.8, 4) is 22.3 Å². The van der Waals surface area contributed by atoms with Crippen molar-refractivity contribution < 1.29 is 8.98 Å². The maximum atomic E-state index is 15.4. The molecule has 0 aliphatic carbocycles. The molecule has 3 nitrogen and oxygen atoms in total. The molecule has 0 amide bonds. The van der Waals surface area contributed by atoms with E-state index in [9.17, 15) is 0 Å². The van der Waals surface area contributed by atoms with E-state index in [0.29, 0.717) is 0 Å². The van der Waals surface area contributed by atoms with E-state index in [1.807, 2.05) is 84.9 Å². The Bertz CT molecular complexity index is 2600. The topological polar surface area (TPSA) is 34.6 Å². The van der Waals surface area contributed by atoms with Gasteiger partial charge in [-0.15, -0.1) is 0 Å². The van der Waals surface area contributed by atoms with E-state index in [-0.39, 0.29) is 0 Å². The lowest BCUT2D eigenvalue weighted by Crippen LogP contribution is -2.25. The molecule has 7 aromatic carbocycles. The Morgan fingerprint density at radius 3 is 1.89 bits per heavy atom. The maximum absolute atomic E-state index is 15.4. The highest BCUT2D eigenvalue weighted by Crippen LogP contribution is 2.45. The van der Waals surface area contributed by atoms with Crippen LogP contribution in [0, 0.1) is 0 Å². The van der Waals surface area contributed by atoms with Crippen LogP contribution in [0.3, 0.4) is 0 Å². The van der Waals surface area contributed by atoms with E-state index in [0.717, 1.165) is 76.7 Å². The predicted octanol–water partition coefficient (Wildman–Crippen LogP) is 9.97. The molecule has 9 rings (SSSR count). The number of hydrogen-bond donors (Lipinski definition) is 0. The summed E-state index contributed by atoms with van der Waals surface area (Å²) < 4.78 is 24.1. The second-order valence-electron chi connectivity index (χ2n) is 11.7. The Hall–Kier alpha value is -5.63. The van der Waals surface area contributed by atoms with E-state index in [4.69, 9.17) is 4.42 Å². The van der Waals surface area contributed by atoms with Gasteiger partial charge in [0.1, 0.15) is 0 Å². The van der Waals surface area contributed by atoms with Gasteiger partial charge >= 0.3 is 0 Å². The number of nitrogens with zero attached hydrogens (tertiary/aromatic N) is 1. The molecule has 0 saturated heterocycles. The predicted molar refractivity (Wildman–Crippen MR) is 192 cm³/mol. The van der Waals surface area contributed by atoms with Crippen molar-refractivity contribution in [3.05, 3.63) is 170 Å². The van der Waals surface area contributed by atoms with Gasteiger partial charge in [-0.3, -0.25) is 4.40 Å². The first kappa shape index (κ1) is 26.7. The van der Waals surface area contributed by atoms with Gasteiger partial charge in [0.05, 0.1) is 16.6 Å². The average molecular weight is 610 g/mol. The van der Waals surface area contributed by atoms with Gasteiger partial charge in [0, 0.05) is 21.3 Å². The Kier molecular flexibility index (Phi) is 6.09. The smallest absolute Gasteiger partial charge is 0.213 e. The first-order valence-corrected chi connectivity index (χ1v) is 17.2. The van der Waals surface area contributed by atoms with Crippen LogP contribution in [-0.2, 0) is 4.57 Å². The zero-order chi connectivity index (χ0) is 30.7. The Labute approximate surface area is 266 Å². The molecule has 0 fully saturated rings. The van der Waals surface area contributed by atoms with Crippen LogP contribution in [0.5, 0.6) is 0 Å². The normalized spacial score (nSPS) is 13.0. The molecule has 0 aliphatic heterocycles. The van der Waals surface area contributed by atoms with Gasteiger partial charge in [-0.25, -0.2) is 0 Å². The number of oxazole rings is 1. The minimum absolute atomic E-state index is 0.798. The third kappa shape index (κ3) is 4.10. The Morgan fingerprint density at radius 1 is 0.457 bits per heavy atom. The summed E-state index contributed by atoms with van der Waals surface area (Å²) >= 11 is 0. The second kappa shape index (κ2) is 10.5. The van der Waals surface area contributed by atoms with Gasteiger partial charge in [-0.05, 0) is 57.8 Å². The number of fused-ring (bicyclic) bond motifs is 6. The minimum Gasteiger partial charge on any atom is -0.438 e. The summed E-state index contributed by atoms with van der Waals surface area (Å²) in [6, 6.07) is 57.8. The summed E-state index contributed by atoms with van der Waals surface area (Å²) in [6.07, 6.45) is 0. The highest BCUT2D eigenvalue weighted by molar-refractivity contribution is 7.85. The lowest BCUT2D eigenvalue weighted by atomic mass is 10.00. The molecule has 0 aliphatic rings. The molecular weight excluding hydrogens is 581 g/mol. The lowest BCUT2D eigenvalue weighted by Gasteiger charge is -2.21. The van der Waals surface area contributed by atoms with E-state index >= 15 is 4.57 Å². The average Bonchev–Trinajstić information content (AvgIpc) is 3.66. The third-order valence-corrected chi connectivity index (χ3v) is 12.1. The van der Waals surface area contributed by atoms with Crippen molar-refractivity contribution in [1.82, 2.24) is 4.40 Å². The van der Waals surface area contributed by atoms with Crippen LogP contribution in [0.15, 0.2) is 174 Å². The summed E-state index contributed by atoms with van der Waals surface area (Å²) in [5, 5.41) is 5.76. The third-order valence-electron chi connectivity index (χ3n) is 9.08. The number of rotatable bonds is 5. The van der Waals surface area contributed by atoms with Crippen molar-refractivity contribution >= 4 is 61.5 Å². The van der Waals surface area contributed by atoms with Crippen molar-refractivity contribution in [2.45, 2.75) is 0 Å². The molecule has 46 heavy (non-hydrogen) atoms. The quantitative estimate of drug-likeness (QED) is 0.182. The van der Waals surface area contributed by atoms with Crippen molar-refractivity contribution in [2.75, 3.05) is 0 Å². The molecule has 1 atom stereocenters. The van der Waals surface area contributed by atoms with Crippen LogP contribution >= 0.6 is 7.14 Å². The summed E-state index contributed by atoms with van der Waals surface area (Å²) in [5.74, 6) is 0. The van der Waals surface area contributed by atoms with Crippen LogP contribution < -0.4 is 15.9 Å². The zero-order valence-electron chi connectivity index (χ0n) is 24.9. The molecule has 2 aromatic heterocycles. The SMILES string of the molecule is O=P(c1ccccc1)(c1ccc(-c2c3cc(-c4ccccc4)ccc3n3c2oc2ccccc23)cc1)c1ccc2ccccc2c1. The fraction of sp³-hybridized carbons (Fsp3) is 0. The standard InChI is InChI=1S/C42H28NO2P/c44-46(34-15-5-2-6-16-34,36-25-19-30-13-7-8-14-32(30)27-36)35-23-20-31(21-24-35)41-37-28-33(29-11-3-1-4-12-29)22-26-38(37)43-39-17-9-10-18-40(39)45-42(41)43/h1-28H. The molecule has 218 valence electrons. The monoisotopic (exact) mass is 609 g/mol. The zero-order valence-corrected chi connectivity index (χ0v) is 25.8. The van der Waals surface area contributed by atoms with Gasteiger partial charge < -0.3 is 8.98 Å². The van der Waals surface area contributed by atoms with Crippen LogP contribution in [0.1, 0.15) is 0 Å². The largest absolute Gasteiger partial charge is 0.438 e. The van der Waals surface area contributed by atoms with E-state index in [1.54, 1.807) is 0 Å². The molecular formula is C42H28NO2P. The Morgan fingerprint density at radius 2 is 1.09 bits per heavy atom. The van der Waals surface area contributed by atoms with Gasteiger partial charge in [0.2, 0.25) is 5.71 Å². The number of para-hydroxylation sites is 2. The van der Waals surface area contributed by atoms with E-state index < -0.39 is 7.14 Å². The van der Waals surface area contributed by atoms with Crippen molar-refractivity contribution in [2.24, 2.45) is 0 Å². The fourth-order valence-electron chi connectivity index (χ4n) is 6.82. The van der Waals surface area contributed by atoms with Crippen LogP contribution in [-0.4, -0.2) is 4.40 Å². The fourth-order valence-corrected chi connectivity index (χ4v) is 9.48. The van der Waals surface area contributed by atoms with Crippen LogP contribution in [0.4, 0.5) is 0 Å². The summed E-state index contributed by atoms with van der Waals surface area (Å²) in [4.78, 5) is 0. The number of hydrogen-bond acceptors (Lipinski definition) is 2. The lowest BCUT2D eigenvalue weighted by molar-refractivity contribution is 0.592. The molecule has 2 heterocycles. The van der Waals surface area contributed by atoms with Gasteiger partial charge in [-0.1, -0.05) is 140 Å². The molecule has 4 heteroatoms. The number of aromatic nitrogens is 1. The highest BCUT2D eigenvalue weighted by Gasteiger charge is 2.30. The first-order valence-electron chi connectivity index (χ1n) is 15.5. The maximum Gasteiger partial charge on any atom is 0.213 e. The molecule has 1 unspecified atom stereocenters. The summed E-state index contributed by atoms with van der Waals surface area (Å²) in [6.45, 7) is 0. The molecule has 0 N–H and O–H groups in total. The van der Waals surface area contributed by atoms with Crippen molar-refractivity contribution in [1.29, 1.82) is 0 Å². The second-order valence-corrected chi connectivity index (χ2v) is 14.5. The molecule has 9 aromatic rings. The van der Waals surface area contributed by atoms with Gasteiger partial charge in [0.25, 0.3) is 0 Å². The highest BCUT2D eigenvalue weighted by atomic mass is 31.2. The van der Waals surface area contributed by atoms with E-state index in [1.165, 1.54) is 0 Å². The molecule has 0 saturated carbocycles. The van der Waals surface area contributed by atoms with Crippen molar-refractivity contribution in [3.63, 3.8) is 0 Å². The van der Waals surface area contributed by atoms with Crippen LogP contribution in [0.25, 0.3) is 60.7 Å². The molecule has 0 bridgehead atoms. The molecule has 0 spiro atoms. The molecule has 0 radical (unpaired) electrons. The van der Waals surface area contributed by atoms with Gasteiger partial charge in [-0.2, -0.15) is 0 Å². The minimum atomic E-state index is -3.17. The van der Waals surface area contributed by atoms with Crippen LogP contribution in [0.2, 0.25) is 0 Å². The number of benzene rings is 7. The summed E-state index contributed by atoms with van der Waals surface area (Å²) in [7, 11) is -3.17. The summed E-state index contributed by atoms with van der Waals surface area (Å²) in [5.41, 5.74) is 8.11. The van der Waals surface area contributed by atoms with Gasteiger partial charge in [0.15, 0.2) is 12.7 Å². The Balaban J connectivity index is 1.26.